The summed E-state index contributed by atoms with van der Waals surface area (Å²) >= 11 is 1.30. The summed E-state index contributed by atoms with van der Waals surface area (Å²) in [7, 11) is 0. The lowest BCUT2D eigenvalue weighted by Gasteiger charge is -1.96. The standard InChI is InChI=1S/C18H12N2O2S/c1-10-6-8-11(9-7-10)18-20-17(22)15(23-18)14-12-4-2-3-5-13(12)19-16(14)21/h2-9,22H,1H3. The van der Waals surface area contributed by atoms with Gasteiger partial charge in [-0.25, -0.2) is 9.98 Å². The SMILES string of the molecule is Cc1ccc(-c2nc(O)c(C3=c4ccccc4=NC3=O)s2)cc1. The van der Waals surface area contributed by atoms with E-state index in [-0.39, 0.29) is 11.8 Å². The third kappa shape index (κ3) is 2.26. The summed E-state index contributed by atoms with van der Waals surface area (Å²) < 4.78 is 0. The zero-order valence-electron chi connectivity index (χ0n) is 12.3. The highest BCUT2D eigenvalue weighted by Crippen LogP contribution is 2.36. The maximum absolute atomic E-state index is 12.2. The fraction of sp³-hybridized carbons (Fsp3) is 0.0556. The Morgan fingerprint density at radius 3 is 2.57 bits per heavy atom. The fourth-order valence-corrected chi connectivity index (χ4v) is 3.59. The first kappa shape index (κ1) is 13.8. The van der Waals surface area contributed by atoms with E-state index < -0.39 is 0 Å². The van der Waals surface area contributed by atoms with Gasteiger partial charge < -0.3 is 5.11 Å². The predicted octanol–water partition coefficient (Wildman–Crippen LogP) is 2.18. The minimum absolute atomic E-state index is 0.124. The van der Waals surface area contributed by atoms with E-state index in [2.05, 4.69) is 9.98 Å². The molecule has 5 heteroatoms. The van der Waals surface area contributed by atoms with Crippen LogP contribution in [0, 0.1) is 6.92 Å². The predicted molar refractivity (Wildman–Crippen MR) is 88.7 cm³/mol. The molecule has 0 unspecified atom stereocenters. The maximum Gasteiger partial charge on any atom is 0.279 e. The fourth-order valence-electron chi connectivity index (χ4n) is 2.58. The molecule has 0 spiro atoms. The molecule has 0 fully saturated rings. The summed E-state index contributed by atoms with van der Waals surface area (Å²) in [6.07, 6.45) is 0. The summed E-state index contributed by atoms with van der Waals surface area (Å²) in [5, 5.41) is 12.3. The second kappa shape index (κ2) is 5.14. The highest BCUT2D eigenvalue weighted by atomic mass is 32.1. The number of carbonyl (C=O) groups is 1. The van der Waals surface area contributed by atoms with Crippen LogP contribution in [0.15, 0.2) is 53.5 Å². The van der Waals surface area contributed by atoms with E-state index in [1.54, 1.807) is 6.07 Å². The van der Waals surface area contributed by atoms with Gasteiger partial charge in [-0.1, -0.05) is 48.0 Å². The van der Waals surface area contributed by atoms with E-state index in [1.807, 2.05) is 49.4 Å². The van der Waals surface area contributed by atoms with Crippen molar-refractivity contribution in [1.29, 1.82) is 0 Å². The van der Waals surface area contributed by atoms with E-state index in [9.17, 15) is 9.90 Å². The lowest BCUT2D eigenvalue weighted by molar-refractivity contribution is -0.112. The average Bonchev–Trinajstić information content (AvgIpc) is 3.07. The zero-order chi connectivity index (χ0) is 16.0. The molecular formula is C18H12N2O2S. The number of nitrogens with zero attached hydrogens (tertiary/aromatic N) is 2. The number of aryl methyl sites for hydroxylation is 1. The van der Waals surface area contributed by atoms with Crippen LogP contribution >= 0.6 is 11.3 Å². The third-order valence-electron chi connectivity index (χ3n) is 3.74. The quantitative estimate of drug-likeness (QED) is 0.787. The number of benzene rings is 2. The van der Waals surface area contributed by atoms with Crippen LogP contribution in [0.5, 0.6) is 5.88 Å². The summed E-state index contributed by atoms with van der Waals surface area (Å²) in [4.78, 5) is 21.0. The smallest absolute Gasteiger partial charge is 0.279 e. The molecule has 1 aromatic heterocycles. The molecule has 4 nitrogen and oxygen atoms in total. The maximum atomic E-state index is 12.2. The van der Waals surface area contributed by atoms with E-state index in [4.69, 9.17) is 0 Å². The summed E-state index contributed by atoms with van der Waals surface area (Å²) in [6, 6.07) is 15.2. The Morgan fingerprint density at radius 1 is 1.04 bits per heavy atom. The number of thiazole rings is 1. The number of amides is 1. The molecule has 112 valence electrons. The van der Waals surface area contributed by atoms with Crippen LogP contribution in [0.3, 0.4) is 0 Å². The highest BCUT2D eigenvalue weighted by Gasteiger charge is 2.24. The Hall–Kier alpha value is -2.79. The first-order valence-corrected chi connectivity index (χ1v) is 7.95. The van der Waals surface area contributed by atoms with Crippen molar-refractivity contribution < 1.29 is 9.90 Å². The van der Waals surface area contributed by atoms with Gasteiger partial charge in [0.2, 0.25) is 5.88 Å². The van der Waals surface area contributed by atoms with E-state index >= 15 is 0 Å². The van der Waals surface area contributed by atoms with E-state index in [0.717, 1.165) is 16.3 Å². The molecule has 0 aliphatic carbocycles. The Balaban J connectivity index is 1.91. The van der Waals surface area contributed by atoms with Crippen LogP contribution in [0.25, 0.3) is 16.1 Å². The van der Waals surface area contributed by atoms with Gasteiger partial charge in [0.25, 0.3) is 5.91 Å². The van der Waals surface area contributed by atoms with Gasteiger partial charge in [-0.05, 0) is 13.0 Å². The molecule has 1 aliphatic rings. The molecule has 0 saturated carbocycles. The molecule has 3 aromatic rings. The van der Waals surface area contributed by atoms with Gasteiger partial charge >= 0.3 is 0 Å². The minimum Gasteiger partial charge on any atom is -0.492 e. The first-order chi connectivity index (χ1) is 11.1. The van der Waals surface area contributed by atoms with Gasteiger partial charge in [0, 0.05) is 10.8 Å². The molecule has 1 amide bonds. The van der Waals surface area contributed by atoms with Crippen LogP contribution < -0.4 is 10.6 Å². The molecule has 0 radical (unpaired) electrons. The number of carbonyl (C=O) groups excluding carboxylic acids is 1. The van der Waals surface area contributed by atoms with Gasteiger partial charge in [0.15, 0.2) is 0 Å². The minimum atomic E-state index is -0.333. The van der Waals surface area contributed by atoms with Crippen LogP contribution in [0.1, 0.15) is 10.4 Å². The summed E-state index contributed by atoms with van der Waals surface area (Å²) in [5.41, 5.74) is 2.50. The van der Waals surface area contributed by atoms with Crippen LogP contribution in [-0.2, 0) is 4.79 Å². The number of para-hydroxylation sites is 1. The largest absolute Gasteiger partial charge is 0.492 e. The zero-order valence-corrected chi connectivity index (χ0v) is 13.1. The van der Waals surface area contributed by atoms with E-state index in [1.165, 1.54) is 11.3 Å². The average molecular weight is 320 g/mol. The Kier molecular flexibility index (Phi) is 3.09. The molecule has 4 rings (SSSR count). The van der Waals surface area contributed by atoms with Gasteiger partial charge in [-0.2, -0.15) is 0 Å². The number of fused-ring (bicyclic) bond motifs is 1. The molecule has 0 atom stereocenters. The van der Waals surface area contributed by atoms with Crippen LogP contribution in [0.4, 0.5) is 0 Å². The van der Waals surface area contributed by atoms with Crippen molar-refractivity contribution in [2.75, 3.05) is 0 Å². The van der Waals surface area contributed by atoms with E-state index in [0.29, 0.717) is 20.8 Å². The van der Waals surface area contributed by atoms with Crippen molar-refractivity contribution in [1.82, 2.24) is 4.98 Å². The Bertz CT molecular complexity index is 1050. The number of aromatic hydroxyl groups is 1. The monoisotopic (exact) mass is 320 g/mol. The van der Waals surface area contributed by atoms with Gasteiger partial charge in [0.05, 0.1) is 10.9 Å². The molecule has 2 heterocycles. The van der Waals surface area contributed by atoms with Gasteiger partial charge in [-0.15, -0.1) is 11.3 Å². The number of hydrogen-bond donors (Lipinski definition) is 1. The molecule has 0 bridgehead atoms. The lowest BCUT2D eigenvalue weighted by Crippen LogP contribution is -2.22. The van der Waals surface area contributed by atoms with Crippen molar-refractivity contribution in [2.24, 2.45) is 4.99 Å². The summed E-state index contributed by atoms with van der Waals surface area (Å²) in [5.74, 6) is -0.457. The molecule has 1 N–H and O–H groups in total. The topological polar surface area (TPSA) is 62.6 Å². The normalized spacial score (nSPS) is 13.1. The molecule has 0 saturated heterocycles. The van der Waals surface area contributed by atoms with Crippen LogP contribution in [0.2, 0.25) is 0 Å². The first-order valence-electron chi connectivity index (χ1n) is 7.13. The number of hydrogen-bond acceptors (Lipinski definition) is 4. The molecular weight excluding hydrogens is 308 g/mol. The van der Waals surface area contributed by atoms with Gasteiger partial charge in [0.1, 0.15) is 9.88 Å². The van der Waals surface area contributed by atoms with Gasteiger partial charge in [-0.3, -0.25) is 4.79 Å². The third-order valence-corrected chi connectivity index (χ3v) is 4.86. The van der Waals surface area contributed by atoms with Crippen molar-refractivity contribution in [3.05, 3.63) is 69.5 Å². The molecule has 1 aliphatic heterocycles. The van der Waals surface area contributed by atoms with Crippen molar-refractivity contribution in [2.45, 2.75) is 6.92 Å². The number of rotatable bonds is 2. The summed E-state index contributed by atoms with van der Waals surface area (Å²) in [6.45, 7) is 2.01. The second-order valence-corrected chi connectivity index (χ2v) is 6.35. The Labute approximate surface area is 136 Å². The second-order valence-electron chi connectivity index (χ2n) is 5.35. The van der Waals surface area contributed by atoms with Crippen LogP contribution in [-0.4, -0.2) is 16.0 Å². The Morgan fingerprint density at radius 2 is 1.78 bits per heavy atom. The molecule has 2 aromatic carbocycles. The lowest BCUT2D eigenvalue weighted by atomic mass is 10.1. The van der Waals surface area contributed by atoms with Crippen molar-refractivity contribution in [3.63, 3.8) is 0 Å². The highest BCUT2D eigenvalue weighted by molar-refractivity contribution is 7.16. The van der Waals surface area contributed by atoms with Crippen molar-refractivity contribution >= 4 is 22.8 Å². The van der Waals surface area contributed by atoms with Crippen molar-refractivity contribution in [3.8, 4) is 16.5 Å². The molecule has 23 heavy (non-hydrogen) atoms. The number of aromatic nitrogens is 1.